The average Bonchev–Trinajstić information content (AvgIpc) is 2.30. The van der Waals surface area contributed by atoms with E-state index in [1.807, 2.05) is 31.2 Å². The van der Waals surface area contributed by atoms with Crippen LogP contribution < -0.4 is 16.8 Å². The van der Waals surface area contributed by atoms with E-state index in [4.69, 9.17) is 5.84 Å². The van der Waals surface area contributed by atoms with Crippen molar-refractivity contribution in [2.75, 3.05) is 5.43 Å². The van der Waals surface area contributed by atoms with Gasteiger partial charge >= 0.3 is 0 Å². The molecule has 6 nitrogen and oxygen atoms in total. The van der Waals surface area contributed by atoms with Crippen molar-refractivity contribution in [3.8, 4) is 11.3 Å². The van der Waals surface area contributed by atoms with Crippen LogP contribution in [0.3, 0.4) is 0 Å². The highest BCUT2D eigenvalue weighted by Gasteiger charge is 2.06. The van der Waals surface area contributed by atoms with Gasteiger partial charge in [0.05, 0.1) is 0 Å². The molecule has 0 amide bonds. The molecule has 0 saturated heterocycles. The number of nitrogens with zero attached hydrogens (tertiary/aromatic N) is 2. The maximum atomic E-state index is 11.6. The minimum absolute atomic E-state index is 0.140. The van der Waals surface area contributed by atoms with E-state index in [0.29, 0.717) is 0 Å². The normalized spacial score (nSPS) is 10.1. The van der Waals surface area contributed by atoms with Crippen molar-refractivity contribution in [3.05, 3.63) is 40.2 Å². The summed E-state index contributed by atoms with van der Waals surface area (Å²) >= 11 is 0. The minimum Gasteiger partial charge on any atom is -0.293 e. The Hall–Kier alpha value is -2.21. The quantitative estimate of drug-likeness (QED) is 0.500. The van der Waals surface area contributed by atoms with Crippen LogP contribution in [0.2, 0.25) is 0 Å². The number of aromatic amines is 1. The molecule has 2 aromatic rings. The fourth-order valence-corrected chi connectivity index (χ4v) is 1.30. The zero-order chi connectivity index (χ0) is 11.5. The number of nitrogens with one attached hydrogen (secondary N) is 2. The van der Waals surface area contributed by atoms with Gasteiger partial charge in [0.2, 0.25) is 5.95 Å². The van der Waals surface area contributed by atoms with Gasteiger partial charge in [0.15, 0.2) is 5.69 Å². The molecule has 1 aromatic heterocycles. The number of rotatable bonds is 2. The van der Waals surface area contributed by atoms with Crippen molar-refractivity contribution in [2.24, 2.45) is 5.84 Å². The van der Waals surface area contributed by atoms with E-state index in [2.05, 4.69) is 20.6 Å². The number of hydrazine groups is 1. The molecule has 82 valence electrons. The van der Waals surface area contributed by atoms with Crippen LogP contribution in [-0.4, -0.2) is 15.2 Å². The Kier molecular flexibility index (Phi) is 2.65. The zero-order valence-electron chi connectivity index (χ0n) is 8.69. The van der Waals surface area contributed by atoms with Crippen molar-refractivity contribution in [1.82, 2.24) is 15.2 Å². The number of hydrogen-bond acceptors (Lipinski definition) is 5. The van der Waals surface area contributed by atoms with Gasteiger partial charge in [0, 0.05) is 5.56 Å². The number of aryl methyl sites for hydroxylation is 1. The van der Waals surface area contributed by atoms with Crippen LogP contribution in [0.4, 0.5) is 5.95 Å². The summed E-state index contributed by atoms with van der Waals surface area (Å²) in [6.07, 6.45) is 0. The first kappa shape index (κ1) is 10.3. The Morgan fingerprint density at radius 2 is 1.94 bits per heavy atom. The molecule has 16 heavy (non-hydrogen) atoms. The van der Waals surface area contributed by atoms with Gasteiger partial charge in [-0.1, -0.05) is 29.8 Å². The highest BCUT2D eigenvalue weighted by molar-refractivity contribution is 5.58. The number of hydrogen-bond donors (Lipinski definition) is 3. The molecule has 0 atom stereocenters. The lowest BCUT2D eigenvalue weighted by molar-refractivity contribution is 0.946. The molecule has 2 rings (SSSR count). The third-order valence-corrected chi connectivity index (χ3v) is 2.16. The van der Waals surface area contributed by atoms with Crippen molar-refractivity contribution in [1.29, 1.82) is 0 Å². The Labute approximate surface area is 91.5 Å². The number of H-pyrrole nitrogens is 1. The fraction of sp³-hybridized carbons (Fsp3) is 0.100. The average molecular weight is 217 g/mol. The summed E-state index contributed by atoms with van der Waals surface area (Å²) in [7, 11) is 0. The van der Waals surface area contributed by atoms with E-state index in [1.54, 1.807) is 0 Å². The molecule has 0 radical (unpaired) electrons. The van der Waals surface area contributed by atoms with Crippen LogP contribution >= 0.6 is 0 Å². The second-order valence-corrected chi connectivity index (χ2v) is 3.36. The SMILES string of the molecule is Cc1ccc(-c2nnc(NN)[nH]c2=O)cc1. The fourth-order valence-electron chi connectivity index (χ4n) is 1.30. The van der Waals surface area contributed by atoms with Crippen molar-refractivity contribution >= 4 is 5.95 Å². The van der Waals surface area contributed by atoms with E-state index in [1.165, 1.54) is 0 Å². The van der Waals surface area contributed by atoms with Crippen LogP contribution in [0.5, 0.6) is 0 Å². The Bertz CT molecular complexity index is 546. The number of nitrogen functional groups attached to an aromatic ring is 1. The molecule has 0 aliphatic rings. The number of nitrogens with two attached hydrogens (primary N) is 1. The van der Waals surface area contributed by atoms with Gasteiger partial charge in [-0.25, -0.2) is 5.84 Å². The van der Waals surface area contributed by atoms with E-state index in [0.717, 1.165) is 11.1 Å². The lowest BCUT2D eigenvalue weighted by Crippen LogP contribution is -2.19. The predicted molar refractivity (Wildman–Crippen MR) is 60.6 cm³/mol. The molecular weight excluding hydrogens is 206 g/mol. The van der Waals surface area contributed by atoms with Crippen LogP contribution in [0.1, 0.15) is 5.56 Å². The summed E-state index contributed by atoms with van der Waals surface area (Å²) in [5.74, 6) is 5.24. The first-order chi connectivity index (χ1) is 7.70. The molecule has 0 aliphatic heterocycles. The van der Waals surface area contributed by atoms with Crippen LogP contribution in [-0.2, 0) is 0 Å². The molecule has 0 unspecified atom stereocenters. The molecule has 0 aliphatic carbocycles. The van der Waals surface area contributed by atoms with Gasteiger partial charge in [0.1, 0.15) is 0 Å². The van der Waals surface area contributed by atoms with Gasteiger partial charge < -0.3 is 0 Å². The second kappa shape index (κ2) is 4.11. The van der Waals surface area contributed by atoms with E-state index in [-0.39, 0.29) is 17.2 Å². The van der Waals surface area contributed by atoms with Gasteiger partial charge in [-0.15, -0.1) is 10.2 Å². The highest BCUT2D eigenvalue weighted by atomic mass is 16.1. The topological polar surface area (TPSA) is 96.7 Å². The maximum Gasteiger partial charge on any atom is 0.279 e. The number of aromatic nitrogens is 3. The molecule has 6 heteroatoms. The lowest BCUT2D eigenvalue weighted by Gasteiger charge is -2.01. The molecule has 0 bridgehead atoms. The highest BCUT2D eigenvalue weighted by Crippen LogP contribution is 2.12. The van der Waals surface area contributed by atoms with Crippen LogP contribution in [0.25, 0.3) is 11.3 Å². The summed E-state index contributed by atoms with van der Waals surface area (Å²) in [6, 6.07) is 7.46. The third-order valence-electron chi connectivity index (χ3n) is 2.16. The molecule has 0 fully saturated rings. The van der Waals surface area contributed by atoms with Crippen LogP contribution in [0, 0.1) is 6.92 Å². The smallest absolute Gasteiger partial charge is 0.279 e. The Morgan fingerprint density at radius 1 is 1.25 bits per heavy atom. The number of benzene rings is 1. The summed E-state index contributed by atoms with van der Waals surface area (Å²) in [4.78, 5) is 14.1. The summed E-state index contributed by atoms with van der Waals surface area (Å²) in [5.41, 5.74) is 4.02. The molecule has 0 spiro atoms. The van der Waals surface area contributed by atoms with Gasteiger partial charge in [-0.3, -0.25) is 15.2 Å². The third kappa shape index (κ3) is 1.91. The summed E-state index contributed by atoms with van der Waals surface area (Å²) in [6.45, 7) is 1.97. The molecular formula is C10H11N5O. The first-order valence-corrected chi connectivity index (χ1v) is 4.71. The van der Waals surface area contributed by atoms with Crippen LogP contribution in [0.15, 0.2) is 29.1 Å². The van der Waals surface area contributed by atoms with Crippen molar-refractivity contribution in [3.63, 3.8) is 0 Å². The molecule has 1 heterocycles. The number of anilines is 1. The molecule has 4 N–H and O–H groups in total. The molecule has 0 saturated carbocycles. The molecule has 1 aromatic carbocycles. The Morgan fingerprint density at radius 3 is 2.50 bits per heavy atom. The second-order valence-electron chi connectivity index (χ2n) is 3.36. The van der Waals surface area contributed by atoms with Crippen molar-refractivity contribution < 1.29 is 0 Å². The van der Waals surface area contributed by atoms with E-state index < -0.39 is 0 Å². The minimum atomic E-state index is -0.327. The zero-order valence-corrected chi connectivity index (χ0v) is 8.69. The summed E-state index contributed by atoms with van der Waals surface area (Å²) in [5, 5.41) is 7.53. The summed E-state index contributed by atoms with van der Waals surface area (Å²) < 4.78 is 0. The standard InChI is InChI=1S/C10H11N5O/c1-6-2-4-7(5-3-6)8-9(16)12-10(13-11)15-14-8/h2-5H,11H2,1H3,(H2,12,13,15,16). The Balaban J connectivity index is 2.48. The van der Waals surface area contributed by atoms with Gasteiger partial charge in [-0.2, -0.15) is 0 Å². The van der Waals surface area contributed by atoms with Gasteiger partial charge in [0.25, 0.3) is 5.56 Å². The predicted octanol–water partition coefficient (Wildman–Crippen LogP) is 0.426. The monoisotopic (exact) mass is 217 g/mol. The van der Waals surface area contributed by atoms with Crippen molar-refractivity contribution in [2.45, 2.75) is 6.92 Å². The lowest BCUT2D eigenvalue weighted by atomic mass is 10.1. The van der Waals surface area contributed by atoms with Gasteiger partial charge in [-0.05, 0) is 6.92 Å². The first-order valence-electron chi connectivity index (χ1n) is 4.71. The van der Waals surface area contributed by atoms with E-state index >= 15 is 0 Å². The van der Waals surface area contributed by atoms with E-state index in [9.17, 15) is 4.79 Å². The largest absolute Gasteiger partial charge is 0.293 e. The maximum absolute atomic E-state index is 11.6.